The number of nitrogens with zero attached hydrogens (tertiary/aromatic N) is 1. The van der Waals surface area contributed by atoms with Crippen molar-refractivity contribution in [2.45, 2.75) is 13.3 Å². The fourth-order valence-corrected chi connectivity index (χ4v) is 0.893. The SMILES string of the molecule is C=Cc1cnc(O)c(CC)c1. The molecule has 2 heteroatoms. The van der Waals surface area contributed by atoms with Gasteiger partial charge in [0, 0.05) is 11.8 Å². The summed E-state index contributed by atoms with van der Waals surface area (Å²) < 4.78 is 0. The van der Waals surface area contributed by atoms with E-state index in [2.05, 4.69) is 11.6 Å². The number of aromatic nitrogens is 1. The van der Waals surface area contributed by atoms with E-state index in [0.717, 1.165) is 17.5 Å². The first-order valence-electron chi connectivity index (χ1n) is 3.58. The second-order valence-corrected chi connectivity index (χ2v) is 2.31. The molecule has 0 aliphatic heterocycles. The average molecular weight is 149 g/mol. The van der Waals surface area contributed by atoms with Crippen molar-refractivity contribution in [2.75, 3.05) is 0 Å². The molecule has 0 unspecified atom stereocenters. The minimum Gasteiger partial charge on any atom is -0.493 e. The molecule has 0 aliphatic carbocycles. The van der Waals surface area contributed by atoms with Crippen LogP contribution in [0.25, 0.3) is 6.08 Å². The van der Waals surface area contributed by atoms with Gasteiger partial charge in [-0.05, 0) is 18.1 Å². The van der Waals surface area contributed by atoms with Crippen molar-refractivity contribution in [1.82, 2.24) is 4.98 Å². The fraction of sp³-hybridized carbons (Fsp3) is 0.222. The number of rotatable bonds is 2. The van der Waals surface area contributed by atoms with Crippen LogP contribution in [0.5, 0.6) is 5.88 Å². The smallest absolute Gasteiger partial charge is 0.214 e. The molecule has 58 valence electrons. The van der Waals surface area contributed by atoms with Crippen LogP contribution in [0.3, 0.4) is 0 Å². The Morgan fingerprint density at radius 1 is 1.73 bits per heavy atom. The van der Waals surface area contributed by atoms with Gasteiger partial charge in [0.25, 0.3) is 0 Å². The van der Waals surface area contributed by atoms with Crippen molar-refractivity contribution in [3.63, 3.8) is 0 Å². The monoisotopic (exact) mass is 149 g/mol. The predicted molar refractivity (Wildman–Crippen MR) is 45.4 cm³/mol. The van der Waals surface area contributed by atoms with Gasteiger partial charge < -0.3 is 5.11 Å². The molecule has 1 rings (SSSR count). The first-order valence-corrected chi connectivity index (χ1v) is 3.58. The lowest BCUT2D eigenvalue weighted by molar-refractivity contribution is 0.446. The minimum atomic E-state index is 0.123. The van der Waals surface area contributed by atoms with Crippen LogP contribution in [0.15, 0.2) is 18.8 Å². The van der Waals surface area contributed by atoms with Gasteiger partial charge in [-0.15, -0.1) is 0 Å². The third-order valence-electron chi connectivity index (χ3n) is 1.58. The van der Waals surface area contributed by atoms with Crippen LogP contribution in [-0.2, 0) is 6.42 Å². The molecule has 1 aromatic rings. The highest BCUT2D eigenvalue weighted by molar-refractivity contribution is 5.48. The summed E-state index contributed by atoms with van der Waals surface area (Å²) in [7, 11) is 0. The van der Waals surface area contributed by atoms with Crippen LogP contribution >= 0.6 is 0 Å². The average Bonchev–Trinajstić information content (AvgIpc) is 2.05. The van der Waals surface area contributed by atoms with Crippen molar-refractivity contribution >= 4 is 6.08 Å². The second kappa shape index (κ2) is 3.19. The van der Waals surface area contributed by atoms with E-state index in [-0.39, 0.29) is 5.88 Å². The zero-order chi connectivity index (χ0) is 8.27. The fourth-order valence-electron chi connectivity index (χ4n) is 0.893. The molecule has 0 saturated heterocycles. The Labute approximate surface area is 66.2 Å². The molecule has 0 spiro atoms. The minimum absolute atomic E-state index is 0.123. The van der Waals surface area contributed by atoms with Crippen molar-refractivity contribution in [2.24, 2.45) is 0 Å². The van der Waals surface area contributed by atoms with E-state index < -0.39 is 0 Å². The molecule has 0 saturated carbocycles. The topological polar surface area (TPSA) is 33.1 Å². The Hall–Kier alpha value is -1.31. The molecule has 1 aromatic heterocycles. The maximum absolute atomic E-state index is 9.19. The predicted octanol–water partition coefficient (Wildman–Crippen LogP) is 1.99. The van der Waals surface area contributed by atoms with Crippen LogP contribution in [0.4, 0.5) is 0 Å². The Bertz CT molecular complexity index is 268. The van der Waals surface area contributed by atoms with Gasteiger partial charge in [0.1, 0.15) is 0 Å². The highest BCUT2D eigenvalue weighted by Crippen LogP contribution is 2.15. The Kier molecular flexibility index (Phi) is 2.26. The van der Waals surface area contributed by atoms with Gasteiger partial charge >= 0.3 is 0 Å². The van der Waals surface area contributed by atoms with E-state index in [1.54, 1.807) is 12.3 Å². The van der Waals surface area contributed by atoms with E-state index in [1.807, 2.05) is 13.0 Å². The summed E-state index contributed by atoms with van der Waals surface area (Å²) >= 11 is 0. The number of aromatic hydroxyl groups is 1. The maximum atomic E-state index is 9.19. The summed E-state index contributed by atoms with van der Waals surface area (Å²) in [6.07, 6.45) is 4.10. The van der Waals surface area contributed by atoms with Crippen LogP contribution < -0.4 is 0 Å². The quantitative estimate of drug-likeness (QED) is 0.697. The van der Waals surface area contributed by atoms with Gasteiger partial charge in [0.2, 0.25) is 5.88 Å². The van der Waals surface area contributed by atoms with E-state index in [4.69, 9.17) is 0 Å². The Balaban J connectivity index is 3.12. The highest BCUT2D eigenvalue weighted by atomic mass is 16.3. The number of pyridine rings is 1. The van der Waals surface area contributed by atoms with E-state index in [1.165, 1.54) is 0 Å². The van der Waals surface area contributed by atoms with E-state index >= 15 is 0 Å². The van der Waals surface area contributed by atoms with Crippen LogP contribution in [0, 0.1) is 0 Å². The molecule has 0 fully saturated rings. The summed E-state index contributed by atoms with van der Waals surface area (Å²) in [6, 6.07) is 1.88. The summed E-state index contributed by atoms with van der Waals surface area (Å²) in [5.74, 6) is 0.123. The van der Waals surface area contributed by atoms with Gasteiger partial charge in [-0.25, -0.2) is 4.98 Å². The lowest BCUT2D eigenvalue weighted by atomic mass is 10.1. The zero-order valence-electron chi connectivity index (χ0n) is 6.54. The lowest BCUT2D eigenvalue weighted by Gasteiger charge is -2.00. The summed E-state index contributed by atoms with van der Waals surface area (Å²) in [4.78, 5) is 3.81. The summed E-state index contributed by atoms with van der Waals surface area (Å²) in [5.41, 5.74) is 1.81. The highest BCUT2D eigenvalue weighted by Gasteiger charge is 1.98. The molecule has 1 N–H and O–H groups in total. The van der Waals surface area contributed by atoms with Crippen molar-refractivity contribution < 1.29 is 5.11 Å². The summed E-state index contributed by atoms with van der Waals surface area (Å²) in [6.45, 7) is 5.59. The van der Waals surface area contributed by atoms with Gasteiger partial charge in [-0.2, -0.15) is 0 Å². The Morgan fingerprint density at radius 3 is 3.00 bits per heavy atom. The molecular formula is C9H11NO. The second-order valence-electron chi connectivity index (χ2n) is 2.31. The number of hydrogen-bond donors (Lipinski definition) is 1. The zero-order valence-corrected chi connectivity index (χ0v) is 6.54. The van der Waals surface area contributed by atoms with Gasteiger partial charge in [0.15, 0.2) is 0 Å². The molecule has 0 amide bonds. The molecule has 0 bridgehead atoms. The lowest BCUT2D eigenvalue weighted by Crippen LogP contribution is -1.86. The first kappa shape index (κ1) is 7.79. The van der Waals surface area contributed by atoms with Crippen molar-refractivity contribution in [1.29, 1.82) is 0 Å². The molecule has 2 nitrogen and oxygen atoms in total. The third kappa shape index (κ3) is 1.58. The number of hydrogen-bond acceptors (Lipinski definition) is 2. The molecule has 0 radical (unpaired) electrons. The molecule has 0 aliphatic rings. The molecular weight excluding hydrogens is 138 g/mol. The molecule has 0 atom stereocenters. The first-order chi connectivity index (χ1) is 5.27. The summed E-state index contributed by atoms with van der Waals surface area (Å²) in [5, 5.41) is 9.19. The molecule has 0 aromatic carbocycles. The van der Waals surface area contributed by atoms with E-state index in [0.29, 0.717) is 0 Å². The molecule has 1 heterocycles. The third-order valence-corrected chi connectivity index (χ3v) is 1.58. The van der Waals surface area contributed by atoms with Crippen LogP contribution in [0.2, 0.25) is 0 Å². The number of aryl methyl sites for hydroxylation is 1. The normalized spacial score (nSPS) is 9.55. The van der Waals surface area contributed by atoms with Crippen LogP contribution in [0.1, 0.15) is 18.1 Å². The standard InChI is InChI=1S/C9H11NO/c1-3-7-5-8(4-2)9(11)10-6-7/h3,5-6H,1,4H2,2H3,(H,10,11). The van der Waals surface area contributed by atoms with Gasteiger partial charge in [0.05, 0.1) is 0 Å². The van der Waals surface area contributed by atoms with E-state index in [9.17, 15) is 5.11 Å². The van der Waals surface area contributed by atoms with Crippen LogP contribution in [-0.4, -0.2) is 10.1 Å². The Morgan fingerprint density at radius 2 is 2.45 bits per heavy atom. The van der Waals surface area contributed by atoms with Crippen molar-refractivity contribution in [3.05, 3.63) is 30.0 Å². The van der Waals surface area contributed by atoms with Gasteiger partial charge in [-0.3, -0.25) is 0 Å². The molecule has 11 heavy (non-hydrogen) atoms. The largest absolute Gasteiger partial charge is 0.493 e. The van der Waals surface area contributed by atoms with Gasteiger partial charge in [-0.1, -0.05) is 19.6 Å². The van der Waals surface area contributed by atoms with Crippen molar-refractivity contribution in [3.8, 4) is 5.88 Å². The maximum Gasteiger partial charge on any atom is 0.214 e.